The Morgan fingerprint density at radius 3 is 2.64 bits per heavy atom. The van der Waals surface area contributed by atoms with Gasteiger partial charge in [0.25, 0.3) is 0 Å². The predicted molar refractivity (Wildman–Crippen MR) is 97.2 cm³/mol. The highest BCUT2D eigenvalue weighted by atomic mass is 32.1. The van der Waals surface area contributed by atoms with E-state index in [1.54, 1.807) is 0 Å². The topological polar surface area (TPSA) is 67.9 Å². The fourth-order valence-corrected chi connectivity index (χ4v) is 3.82. The molecule has 0 saturated carbocycles. The van der Waals surface area contributed by atoms with Crippen LogP contribution in [-0.2, 0) is 14.3 Å². The van der Waals surface area contributed by atoms with Crippen LogP contribution in [0.15, 0.2) is 5.38 Å². The van der Waals surface area contributed by atoms with Crippen LogP contribution < -0.4 is 5.32 Å². The van der Waals surface area contributed by atoms with Crippen molar-refractivity contribution in [1.29, 1.82) is 0 Å². The minimum Gasteiger partial charge on any atom is -0.453 e. The van der Waals surface area contributed by atoms with Crippen LogP contribution >= 0.6 is 11.3 Å². The number of nitrogens with one attached hydrogen (secondary N) is 1. The van der Waals surface area contributed by atoms with Gasteiger partial charge in [0.2, 0.25) is 5.91 Å². The van der Waals surface area contributed by atoms with Crippen LogP contribution in [0.4, 0.5) is 5.69 Å². The predicted octanol–water partition coefficient (Wildman–Crippen LogP) is 2.67. The third-order valence-corrected chi connectivity index (χ3v) is 5.96. The van der Waals surface area contributed by atoms with E-state index in [9.17, 15) is 9.59 Å². The molecule has 138 valence electrons. The first-order chi connectivity index (χ1) is 11.8. The molecule has 0 aliphatic carbocycles. The van der Waals surface area contributed by atoms with E-state index in [-0.39, 0.29) is 18.0 Å². The van der Waals surface area contributed by atoms with Gasteiger partial charge >= 0.3 is 5.97 Å². The Bertz CT molecular complexity index is 642. The van der Waals surface area contributed by atoms with Crippen LogP contribution in [0, 0.1) is 12.3 Å². The number of anilines is 1. The summed E-state index contributed by atoms with van der Waals surface area (Å²) in [6.07, 6.45) is 2.02. The van der Waals surface area contributed by atoms with E-state index in [0.29, 0.717) is 35.7 Å². The van der Waals surface area contributed by atoms with E-state index < -0.39 is 0 Å². The third kappa shape index (κ3) is 4.59. The van der Waals surface area contributed by atoms with Crippen LogP contribution in [0.3, 0.4) is 0 Å². The molecular weight excluding hydrogens is 340 g/mol. The first-order valence-corrected chi connectivity index (χ1v) is 9.61. The van der Waals surface area contributed by atoms with Gasteiger partial charge in [-0.2, -0.15) is 0 Å². The zero-order chi connectivity index (χ0) is 18.0. The second-order valence-electron chi connectivity index (χ2n) is 7.68. The number of carbonyl (C=O) groups is 2. The Kier molecular flexibility index (Phi) is 5.46. The molecule has 1 aromatic rings. The van der Waals surface area contributed by atoms with Crippen LogP contribution in [0.25, 0.3) is 0 Å². The van der Waals surface area contributed by atoms with Gasteiger partial charge in [-0.25, -0.2) is 4.79 Å². The Labute approximate surface area is 152 Å². The Hall–Kier alpha value is -1.44. The SMILES string of the molecule is Cc1csc(C(=O)OC2COC2)c1NC(=O)CN1CCC(C)(C)CC1. The third-order valence-electron chi connectivity index (χ3n) is 4.88. The Morgan fingerprint density at radius 1 is 1.36 bits per heavy atom. The van der Waals surface area contributed by atoms with Crippen molar-refractivity contribution in [2.75, 3.05) is 38.2 Å². The van der Waals surface area contributed by atoms with Gasteiger partial charge in [0.05, 0.1) is 25.4 Å². The molecule has 2 saturated heterocycles. The molecule has 2 fully saturated rings. The molecule has 1 N–H and O–H groups in total. The van der Waals surface area contributed by atoms with Crippen molar-refractivity contribution < 1.29 is 19.1 Å². The number of hydrogen-bond donors (Lipinski definition) is 1. The number of ether oxygens (including phenoxy) is 2. The highest BCUT2D eigenvalue weighted by Crippen LogP contribution is 2.31. The summed E-state index contributed by atoms with van der Waals surface area (Å²) in [4.78, 5) is 27.4. The van der Waals surface area contributed by atoms with E-state index in [0.717, 1.165) is 31.5 Å². The minimum absolute atomic E-state index is 0.0813. The molecule has 6 nitrogen and oxygen atoms in total. The van der Waals surface area contributed by atoms with Crippen molar-refractivity contribution in [3.05, 3.63) is 15.8 Å². The normalized spacial score (nSPS) is 20.8. The second-order valence-corrected chi connectivity index (χ2v) is 8.56. The van der Waals surface area contributed by atoms with Crippen LogP contribution in [-0.4, -0.2) is 55.7 Å². The molecule has 25 heavy (non-hydrogen) atoms. The van der Waals surface area contributed by atoms with Gasteiger partial charge in [-0.1, -0.05) is 13.8 Å². The quantitative estimate of drug-likeness (QED) is 0.812. The van der Waals surface area contributed by atoms with Crippen LogP contribution in [0.2, 0.25) is 0 Å². The van der Waals surface area contributed by atoms with Crippen molar-refractivity contribution >= 4 is 28.9 Å². The first kappa shape index (κ1) is 18.4. The molecular formula is C18H26N2O4S. The van der Waals surface area contributed by atoms with Gasteiger partial charge in [0.1, 0.15) is 11.0 Å². The molecule has 3 rings (SSSR count). The zero-order valence-electron chi connectivity index (χ0n) is 15.1. The maximum absolute atomic E-state index is 12.4. The highest BCUT2D eigenvalue weighted by molar-refractivity contribution is 7.12. The van der Waals surface area contributed by atoms with Gasteiger partial charge in [-0.05, 0) is 49.2 Å². The van der Waals surface area contributed by atoms with Crippen LogP contribution in [0.5, 0.6) is 0 Å². The lowest BCUT2D eigenvalue weighted by atomic mass is 9.83. The summed E-state index contributed by atoms with van der Waals surface area (Å²) in [6, 6.07) is 0. The molecule has 0 radical (unpaired) electrons. The van der Waals surface area contributed by atoms with E-state index >= 15 is 0 Å². The number of esters is 1. The summed E-state index contributed by atoms with van der Waals surface area (Å²) in [5, 5.41) is 4.78. The summed E-state index contributed by atoms with van der Waals surface area (Å²) in [5.41, 5.74) is 1.83. The van der Waals surface area contributed by atoms with E-state index in [2.05, 4.69) is 24.1 Å². The molecule has 3 heterocycles. The van der Waals surface area contributed by atoms with Gasteiger partial charge in [-0.15, -0.1) is 11.3 Å². The molecule has 0 aromatic carbocycles. The lowest BCUT2D eigenvalue weighted by Gasteiger charge is -2.36. The van der Waals surface area contributed by atoms with E-state index in [4.69, 9.17) is 9.47 Å². The molecule has 1 aromatic heterocycles. The molecule has 7 heteroatoms. The molecule has 0 atom stereocenters. The average Bonchev–Trinajstić information content (AvgIpc) is 2.86. The average molecular weight is 366 g/mol. The Balaban J connectivity index is 1.57. The van der Waals surface area contributed by atoms with Crippen LogP contribution in [0.1, 0.15) is 41.9 Å². The van der Waals surface area contributed by atoms with Gasteiger partial charge in [0, 0.05) is 0 Å². The van der Waals surface area contributed by atoms with Gasteiger partial charge in [0.15, 0.2) is 0 Å². The first-order valence-electron chi connectivity index (χ1n) is 8.73. The fraction of sp³-hybridized carbons (Fsp3) is 0.667. The number of thiophene rings is 1. The van der Waals surface area contributed by atoms with Crippen molar-refractivity contribution in [3.8, 4) is 0 Å². The molecule has 0 unspecified atom stereocenters. The second kappa shape index (κ2) is 7.43. The summed E-state index contributed by atoms with van der Waals surface area (Å²) in [6.45, 7) is 9.54. The monoisotopic (exact) mass is 366 g/mol. The standard InChI is InChI=1S/C18H26N2O4S/c1-12-11-25-16(17(22)24-13-9-23-10-13)15(12)19-14(21)8-20-6-4-18(2,3)5-7-20/h11,13H,4-10H2,1-3H3,(H,19,21). The Morgan fingerprint density at radius 2 is 2.04 bits per heavy atom. The summed E-state index contributed by atoms with van der Waals surface area (Å²) in [5.74, 6) is -0.469. The summed E-state index contributed by atoms with van der Waals surface area (Å²) in [7, 11) is 0. The number of amides is 1. The lowest BCUT2D eigenvalue weighted by Crippen LogP contribution is -2.41. The van der Waals surface area contributed by atoms with Crippen molar-refractivity contribution in [2.24, 2.45) is 5.41 Å². The fourth-order valence-electron chi connectivity index (χ4n) is 2.94. The van der Waals surface area contributed by atoms with E-state index in [1.807, 2.05) is 12.3 Å². The summed E-state index contributed by atoms with van der Waals surface area (Å²) < 4.78 is 10.4. The summed E-state index contributed by atoms with van der Waals surface area (Å²) >= 11 is 1.30. The minimum atomic E-state index is -0.388. The van der Waals surface area contributed by atoms with Crippen molar-refractivity contribution in [3.63, 3.8) is 0 Å². The highest BCUT2D eigenvalue weighted by Gasteiger charge is 2.28. The molecule has 2 aliphatic rings. The molecule has 0 bridgehead atoms. The zero-order valence-corrected chi connectivity index (χ0v) is 15.9. The maximum Gasteiger partial charge on any atom is 0.350 e. The van der Waals surface area contributed by atoms with Gasteiger partial charge < -0.3 is 14.8 Å². The van der Waals surface area contributed by atoms with Crippen molar-refractivity contribution in [2.45, 2.75) is 39.7 Å². The van der Waals surface area contributed by atoms with E-state index in [1.165, 1.54) is 11.3 Å². The maximum atomic E-state index is 12.4. The number of likely N-dealkylation sites (tertiary alicyclic amines) is 1. The molecule has 0 spiro atoms. The van der Waals surface area contributed by atoms with Gasteiger partial charge in [-0.3, -0.25) is 9.69 Å². The number of piperidine rings is 1. The largest absolute Gasteiger partial charge is 0.453 e. The molecule has 2 aliphatic heterocycles. The lowest BCUT2D eigenvalue weighted by molar-refractivity contribution is -0.117. The smallest absolute Gasteiger partial charge is 0.350 e. The number of aryl methyl sites for hydroxylation is 1. The number of nitrogens with zero attached hydrogens (tertiary/aromatic N) is 1. The number of carbonyl (C=O) groups excluding carboxylic acids is 2. The van der Waals surface area contributed by atoms with Crippen molar-refractivity contribution in [1.82, 2.24) is 4.90 Å². The number of hydrogen-bond acceptors (Lipinski definition) is 6. The molecule has 1 amide bonds. The number of rotatable bonds is 5.